The third-order valence-corrected chi connectivity index (χ3v) is 3.62. The van der Waals surface area contributed by atoms with Crippen LogP contribution in [0, 0.1) is 11.3 Å². The number of carbonyl (C=O) groups is 1. The Labute approximate surface area is 128 Å². The molecule has 0 aromatic heterocycles. The molecule has 1 amide bonds. The number of methoxy groups -OCH3 is 1. The van der Waals surface area contributed by atoms with Gasteiger partial charge in [-0.1, -0.05) is 42.5 Å². The monoisotopic (exact) mass is 290 g/mol. The molecule has 0 unspecified atom stereocenters. The summed E-state index contributed by atoms with van der Waals surface area (Å²) < 4.78 is 5.41. The van der Waals surface area contributed by atoms with Crippen molar-refractivity contribution in [2.75, 3.05) is 7.11 Å². The SMILES string of the molecule is CO[C@H]1C=c2ccccc2=C(C#N)N1C(=O)c1ccccc1. The minimum absolute atomic E-state index is 0.255. The summed E-state index contributed by atoms with van der Waals surface area (Å²) in [7, 11) is 1.52. The van der Waals surface area contributed by atoms with E-state index in [0.29, 0.717) is 11.3 Å². The molecule has 1 atom stereocenters. The first kappa shape index (κ1) is 14.1. The Morgan fingerprint density at radius 3 is 2.50 bits per heavy atom. The van der Waals surface area contributed by atoms with Crippen molar-refractivity contribution in [3.63, 3.8) is 0 Å². The van der Waals surface area contributed by atoms with Crippen LogP contribution < -0.4 is 10.4 Å². The molecule has 0 fully saturated rings. The lowest BCUT2D eigenvalue weighted by Gasteiger charge is -2.30. The van der Waals surface area contributed by atoms with Crippen LogP contribution in [0.3, 0.4) is 0 Å². The zero-order valence-electron chi connectivity index (χ0n) is 12.1. The number of nitriles is 1. The minimum Gasteiger partial charge on any atom is -0.357 e. The highest BCUT2D eigenvalue weighted by molar-refractivity contribution is 6.00. The zero-order chi connectivity index (χ0) is 15.5. The van der Waals surface area contributed by atoms with Crippen LogP contribution in [0.1, 0.15) is 10.4 Å². The van der Waals surface area contributed by atoms with Crippen molar-refractivity contribution in [1.29, 1.82) is 5.26 Å². The maximum absolute atomic E-state index is 12.8. The molecule has 1 aliphatic rings. The van der Waals surface area contributed by atoms with Gasteiger partial charge < -0.3 is 4.74 Å². The average molecular weight is 290 g/mol. The molecular weight excluding hydrogens is 276 g/mol. The first-order chi connectivity index (χ1) is 10.8. The van der Waals surface area contributed by atoms with Gasteiger partial charge in [0.05, 0.1) is 0 Å². The van der Waals surface area contributed by atoms with Crippen molar-refractivity contribution >= 4 is 17.7 Å². The Morgan fingerprint density at radius 1 is 1.14 bits per heavy atom. The van der Waals surface area contributed by atoms with E-state index in [0.717, 1.165) is 10.4 Å². The topological polar surface area (TPSA) is 53.3 Å². The van der Waals surface area contributed by atoms with E-state index in [1.807, 2.05) is 36.4 Å². The maximum atomic E-state index is 12.8. The van der Waals surface area contributed by atoms with Crippen LogP contribution in [0.4, 0.5) is 0 Å². The van der Waals surface area contributed by atoms with Gasteiger partial charge >= 0.3 is 0 Å². The smallest absolute Gasteiger partial charge is 0.261 e. The fourth-order valence-electron chi connectivity index (χ4n) is 2.57. The highest BCUT2D eigenvalue weighted by atomic mass is 16.5. The van der Waals surface area contributed by atoms with Gasteiger partial charge in [0.15, 0.2) is 6.23 Å². The maximum Gasteiger partial charge on any atom is 0.261 e. The van der Waals surface area contributed by atoms with Crippen LogP contribution in [0.2, 0.25) is 0 Å². The number of amides is 1. The molecule has 22 heavy (non-hydrogen) atoms. The van der Waals surface area contributed by atoms with Crippen LogP contribution in [0.25, 0.3) is 11.8 Å². The Kier molecular flexibility index (Phi) is 3.73. The standard InChI is InChI=1S/C18H14N2O2/c1-22-17-11-14-9-5-6-10-15(14)16(12-19)20(17)18(21)13-7-3-2-4-8-13/h2-11,17H,1H3/t17-/m0/s1. The molecule has 1 aliphatic heterocycles. The predicted molar refractivity (Wildman–Crippen MR) is 82.6 cm³/mol. The Bertz CT molecular complexity index is 866. The predicted octanol–water partition coefficient (Wildman–Crippen LogP) is 1.23. The van der Waals surface area contributed by atoms with Crippen molar-refractivity contribution in [3.8, 4) is 6.07 Å². The summed E-state index contributed by atoms with van der Waals surface area (Å²) in [6.45, 7) is 0. The summed E-state index contributed by atoms with van der Waals surface area (Å²) in [5.41, 5.74) is 0.823. The van der Waals surface area contributed by atoms with Gasteiger partial charge in [-0.2, -0.15) is 5.26 Å². The average Bonchev–Trinajstić information content (AvgIpc) is 2.60. The number of hydrogen-bond acceptors (Lipinski definition) is 3. The molecule has 0 bridgehead atoms. The number of carbonyl (C=O) groups excluding carboxylic acids is 1. The number of ether oxygens (including phenoxy) is 1. The summed E-state index contributed by atoms with van der Waals surface area (Å²) >= 11 is 0. The van der Waals surface area contributed by atoms with Gasteiger partial charge in [-0.25, -0.2) is 0 Å². The lowest BCUT2D eigenvalue weighted by molar-refractivity contribution is 0.0370. The lowest BCUT2D eigenvalue weighted by Crippen LogP contribution is -2.48. The van der Waals surface area contributed by atoms with E-state index in [-0.39, 0.29) is 5.91 Å². The second-order valence-corrected chi connectivity index (χ2v) is 4.88. The molecule has 108 valence electrons. The van der Waals surface area contributed by atoms with Gasteiger partial charge in [0.1, 0.15) is 11.8 Å². The summed E-state index contributed by atoms with van der Waals surface area (Å²) in [5.74, 6) is -0.255. The van der Waals surface area contributed by atoms with Crippen LogP contribution in [-0.2, 0) is 4.74 Å². The lowest BCUT2D eigenvalue weighted by atomic mass is 10.1. The highest BCUT2D eigenvalue weighted by Crippen LogP contribution is 2.18. The Balaban J connectivity index is 2.20. The Hall–Kier alpha value is -2.90. The first-order valence-electron chi connectivity index (χ1n) is 6.89. The van der Waals surface area contributed by atoms with Gasteiger partial charge in [0.25, 0.3) is 5.91 Å². The molecule has 2 aromatic rings. The molecule has 0 aliphatic carbocycles. The zero-order valence-corrected chi connectivity index (χ0v) is 12.1. The van der Waals surface area contributed by atoms with Crippen LogP contribution in [-0.4, -0.2) is 24.1 Å². The van der Waals surface area contributed by atoms with Crippen molar-refractivity contribution < 1.29 is 9.53 Å². The van der Waals surface area contributed by atoms with Gasteiger partial charge in [-0.05, 0) is 23.4 Å². The van der Waals surface area contributed by atoms with Crippen molar-refractivity contribution in [2.24, 2.45) is 0 Å². The van der Waals surface area contributed by atoms with E-state index in [1.54, 1.807) is 24.3 Å². The van der Waals surface area contributed by atoms with Gasteiger partial charge in [-0.3, -0.25) is 9.69 Å². The number of benzene rings is 2. The number of hydrogen-bond donors (Lipinski definition) is 0. The largest absolute Gasteiger partial charge is 0.357 e. The minimum atomic E-state index is -0.600. The van der Waals surface area contributed by atoms with Crippen molar-refractivity contribution in [1.82, 2.24) is 4.90 Å². The molecule has 0 spiro atoms. The summed E-state index contributed by atoms with van der Waals surface area (Å²) in [6, 6.07) is 18.5. The number of rotatable bonds is 2. The summed E-state index contributed by atoms with van der Waals surface area (Å²) in [4.78, 5) is 14.2. The molecular formula is C18H14N2O2. The van der Waals surface area contributed by atoms with Gasteiger partial charge in [0.2, 0.25) is 0 Å². The van der Waals surface area contributed by atoms with E-state index in [4.69, 9.17) is 4.74 Å². The number of nitrogens with zero attached hydrogens (tertiary/aromatic N) is 2. The molecule has 2 aromatic carbocycles. The molecule has 4 heteroatoms. The Morgan fingerprint density at radius 2 is 1.82 bits per heavy atom. The second-order valence-electron chi connectivity index (χ2n) is 4.88. The fraction of sp³-hybridized carbons (Fsp3) is 0.111. The number of fused-ring (bicyclic) bond motifs is 1. The summed E-state index contributed by atoms with van der Waals surface area (Å²) in [6.07, 6.45) is 1.24. The molecule has 0 radical (unpaired) electrons. The van der Waals surface area contributed by atoms with E-state index in [2.05, 4.69) is 6.07 Å². The fourth-order valence-corrected chi connectivity index (χ4v) is 2.57. The van der Waals surface area contributed by atoms with Crippen molar-refractivity contribution in [3.05, 3.63) is 70.6 Å². The second kappa shape index (κ2) is 5.84. The van der Waals surface area contributed by atoms with Crippen molar-refractivity contribution in [2.45, 2.75) is 6.23 Å². The van der Waals surface area contributed by atoms with Crippen LogP contribution in [0.5, 0.6) is 0 Å². The normalized spacial score (nSPS) is 16.5. The van der Waals surface area contributed by atoms with E-state index >= 15 is 0 Å². The van der Waals surface area contributed by atoms with E-state index in [9.17, 15) is 10.1 Å². The third-order valence-electron chi connectivity index (χ3n) is 3.62. The molecule has 3 rings (SSSR count). The summed E-state index contributed by atoms with van der Waals surface area (Å²) in [5, 5.41) is 11.2. The van der Waals surface area contributed by atoms with Crippen LogP contribution in [0.15, 0.2) is 54.6 Å². The van der Waals surface area contributed by atoms with E-state index < -0.39 is 6.23 Å². The van der Waals surface area contributed by atoms with Gasteiger partial charge in [0, 0.05) is 17.9 Å². The van der Waals surface area contributed by atoms with Crippen LogP contribution >= 0.6 is 0 Å². The van der Waals surface area contributed by atoms with Gasteiger partial charge in [-0.15, -0.1) is 0 Å². The molecule has 0 N–H and O–H groups in total. The molecule has 0 saturated carbocycles. The quantitative estimate of drug-likeness (QED) is 0.836. The molecule has 4 nitrogen and oxygen atoms in total. The molecule has 1 heterocycles. The van der Waals surface area contributed by atoms with E-state index in [1.165, 1.54) is 12.0 Å². The molecule has 0 saturated heterocycles. The third kappa shape index (κ3) is 2.28. The highest BCUT2D eigenvalue weighted by Gasteiger charge is 2.29. The first-order valence-corrected chi connectivity index (χ1v) is 6.89.